The molecule has 0 spiro atoms. The highest BCUT2D eigenvalue weighted by Gasteiger charge is 2.38. The second kappa shape index (κ2) is 9.86. The minimum atomic E-state index is -5.08. The SMILES string of the molecule is CC(C)Cc1noc(CNC2C(C)CCNC2C)n1.O=C(O)C(F)(F)F. The Hall–Kier alpha value is -1.68. The van der Waals surface area contributed by atoms with Gasteiger partial charge in [0.05, 0.1) is 6.54 Å². The van der Waals surface area contributed by atoms with E-state index >= 15 is 0 Å². The van der Waals surface area contributed by atoms with Crippen LogP contribution in [0.5, 0.6) is 0 Å². The smallest absolute Gasteiger partial charge is 0.475 e. The van der Waals surface area contributed by atoms with Gasteiger partial charge in [-0.05, 0) is 31.7 Å². The lowest BCUT2D eigenvalue weighted by Gasteiger charge is -2.35. The van der Waals surface area contributed by atoms with E-state index in [0.29, 0.717) is 36.4 Å². The quantitative estimate of drug-likeness (QED) is 0.721. The van der Waals surface area contributed by atoms with Crippen molar-refractivity contribution in [3.05, 3.63) is 11.7 Å². The highest BCUT2D eigenvalue weighted by atomic mass is 19.4. The Morgan fingerprint density at radius 2 is 2.04 bits per heavy atom. The summed E-state index contributed by atoms with van der Waals surface area (Å²) < 4.78 is 37.0. The van der Waals surface area contributed by atoms with Gasteiger partial charge in [0.1, 0.15) is 0 Å². The number of halogens is 3. The first kappa shape index (κ1) is 22.4. The van der Waals surface area contributed by atoms with E-state index in [2.05, 4.69) is 48.5 Å². The molecule has 1 aromatic rings. The summed E-state index contributed by atoms with van der Waals surface area (Å²) in [5.74, 6) is -0.0157. The Morgan fingerprint density at radius 1 is 1.42 bits per heavy atom. The van der Waals surface area contributed by atoms with Gasteiger partial charge in [-0.3, -0.25) is 0 Å². The molecule has 1 saturated heterocycles. The van der Waals surface area contributed by atoms with Crippen molar-refractivity contribution in [1.82, 2.24) is 20.8 Å². The largest absolute Gasteiger partial charge is 0.490 e. The molecule has 2 rings (SSSR count). The van der Waals surface area contributed by atoms with Crippen LogP contribution in [0, 0.1) is 11.8 Å². The maximum Gasteiger partial charge on any atom is 0.490 e. The van der Waals surface area contributed by atoms with Gasteiger partial charge in [0.25, 0.3) is 0 Å². The molecule has 1 aliphatic rings. The number of piperidine rings is 1. The Morgan fingerprint density at radius 3 is 2.54 bits per heavy atom. The second-order valence-electron chi connectivity index (χ2n) is 6.92. The predicted molar refractivity (Wildman–Crippen MR) is 88.4 cm³/mol. The van der Waals surface area contributed by atoms with Crippen molar-refractivity contribution in [2.24, 2.45) is 11.8 Å². The molecule has 1 aliphatic heterocycles. The third-order valence-electron chi connectivity index (χ3n) is 4.05. The van der Waals surface area contributed by atoms with E-state index in [0.717, 1.165) is 18.8 Å². The Balaban J connectivity index is 0.000000412. The molecular weight excluding hydrogens is 353 g/mol. The normalized spacial score (nSPS) is 23.5. The average molecular weight is 380 g/mol. The summed E-state index contributed by atoms with van der Waals surface area (Å²) in [6.45, 7) is 10.6. The van der Waals surface area contributed by atoms with Gasteiger partial charge in [0.15, 0.2) is 5.82 Å². The fourth-order valence-electron chi connectivity index (χ4n) is 2.73. The molecule has 0 bridgehead atoms. The van der Waals surface area contributed by atoms with E-state index in [1.165, 1.54) is 6.42 Å². The van der Waals surface area contributed by atoms with Crippen LogP contribution in [-0.4, -0.2) is 46.0 Å². The third kappa shape index (κ3) is 7.69. The molecule has 0 aliphatic carbocycles. The standard InChI is InChI=1S/C14H26N4O.C2HF3O2/c1-9(2)7-12-17-13(19-18-12)8-16-14-10(3)5-6-15-11(14)4;3-2(4,5)1(6)7/h9-11,14-16H,5-8H2,1-4H3;(H,6,7). The highest BCUT2D eigenvalue weighted by molar-refractivity contribution is 5.73. The molecule has 0 radical (unpaired) electrons. The topological polar surface area (TPSA) is 100 Å². The molecule has 0 saturated carbocycles. The van der Waals surface area contributed by atoms with Gasteiger partial charge in [-0.15, -0.1) is 0 Å². The molecule has 3 unspecified atom stereocenters. The van der Waals surface area contributed by atoms with E-state index < -0.39 is 12.1 Å². The molecule has 3 N–H and O–H groups in total. The van der Waals surface area contributed by atoms with Gasteiger partial charge in [0.2, 0.25) is 5.89 Å². The maximum atomic E-state index is 10.6. The number of nitrogens with zero attached hydrogens (tertiary/aromatic N) is 2. The first-order valence-electron chi connectivity index (χ1n) is 8.59. The number of nitrogens with one attached hydrogen (secondary N) is 2. The van der Waals surface area contributed by atoms with Crippen molar-refractivity contribution >= 4 is 5.97 Å². The number of carboxylic acids is 1. The van der Waals surface area contributed by atoms with Crippen LogP contribution in [0.15, 0.2) is 4.52 Å². The lowest BCUT2D eigenvalue weighted by Crippen LogP contribution is -2.54. The molecular formula is C16H27F3N4O3. The summed E-state index contributed by atoms with van der Waals surface area (Å²) in [5.41, 5.74) is 0. The molecule has 0 amide bonds. The van der Waals surface area contributed by atoms with E-state index in [9.17, 15) is 13.2 Å². The fraction of sp³-hybridized carbons (Fsp3) is 0.812. The number of carbonyl (C=O) groups is 1. The zero-order chi connectivity index (χ0) is 19.9. The molecule has 1 aromatic heterocycles. The van der Waals surface area contributed by atoms with Crippen LogP contribution >= 0.6 is 0 Å². The summed E-state index contributed by atoms with van der Waals surface area (Å²) in [7, 11) is 0. The number of carboxylic acid groups (broad SMARTS) is 1. The van der Waals surface area contributed by atoms with Crippen LogP contribution in [0.4, 0.5) is 13.2 Å². The van der Waals surface area contributed by atoms with Crippen molar-refractivity contribution in [2.45, 2.75) is 65.3 Å². The van der Waals surface area contributed by atoms with Crippen LogP contribution in [0.25, 0.3) is 0 Å². The summed E-state index contributed by atoms with van der Waals surface area (Å²) in [4.78, 5) is 13.3. The van der Waals surface area contributed by atoms with Crippen LogP contribution < -0.4 is 10.6 Å². The molecule has 26 heavy (non-hydrogen) atoms. The highest BCUT2D eigenvalue weighted by Crippen LogP contribution is 2.16. The number of hydrogen-bond donors (Lipinski definition) is 3. The van der Waals surface area contributed by atoms with E-state index in [-0.39, 0.29) is 0 Å². The minimum Gasteiger partial charge on any atom is -0.475 e. The molecule has 2 heterocycles. The van der Waals surface area contributed by atoms with E-state index in [4.69, 9.17) is 14.4 Å². The van der Waals surface area contributed by atoms with Gasteiger partial charge >= 0.3 is 12.1 Å². The summed E-state index contributed by atoms with van der Waals surface area (Å²) >= 11 is 0. The third-order valence-corrected chi connectivity index (χ3v) is 4.05. The van der Waals surface area contributed by atoms with Crippen molar-refractivity contribution < 1.29 is 27.6 Å². The first-order valence-corrected chi connectivity index (χ1v) is 8.59. The van der Waals surface area contributed by atoms with Gasteiger partial charge in [0, 0.05) is 18.5 Å². The lowest BCUT2D eigenvalue weighted by molar-refractivity contribution is -0.192. The van der Waals surface area contributed by atoms with Crippen LogP contribution in [0.3, 0.4) is 0 Å². The summed E-state index contributed by atoms with van der Waals surface area (Å²) in [6, 6.07) is 0.955. The molecule has 10 heteroatoms. The van der Waals surface area contributed by atoms with E-state index in [1.54, 1.807) is 0 Å². The Kier molecular flexibility index (Phi) is 8.48. The fourth-order valence-corrected chi connectivity index (χ4v) is 2.73. The van der Waals surface area contributed by atoms with Crippen molar-refractivity contribution in [3.8, 4) is 0 Å². The molecule has 0 aromatic carbocycles. The lowest BCUT2D eigenvalue weighted by atomic mass is 9.89. The maximum absolute atomic E-state index is 10.6. The summed E-state index contributed by atoms with van der Waals surface area (Å²) in [6.07, 6.45) is -2.99. The summed E-state index contributed by atoms with van der Waals surface area (Å²) in [5, 5.41) is 18.2. The van der Waals surface area contributed by atoms with Gasteiger partial charge in [-0.2, -0.15) is 18.2 Å². The number of aromatic nitrogens is 2. The molecule has 150 valence electrons. The van der Waals surface area contributed by atoms with Gasteiger partial charge in [-0.25, -0.2) is 4.79 Å². The molecule has 3 atom stereocenters. The average Bonchev–Trinajstić information content (AvgIpc) is 2.93. The molecule has 1 fully saturated rings. The van der Waals surface area contributed by atoms with Crippen molar-refractivity contribution in [2.75, 3.05) is 6.54 Å². The van der Waals surface area contributed by atoms with Gasteiger partial charge in [-0.1, -0.05) is 25.9 Å². The van der Waals surface area contributed by atoms with Gasteiger partial charge < -0.3 is 20.3 Å². The van der Waals surface area contributed by atoms with Crippen molar-refractivity contribution in [3.63, 3.8) is 0 Å². The van der Waals surface area contributed by atoms with Crippen LogP contribution in [0.1, 0.15) is 45.8 Å². The number of aliphatic carboxylic acids is 1. The zero-order valence-electron chi connectivity index (χ0n) is 15.4. The monoisotopic (exact) mass is 380 g/mol. The van der Waals surface area contributed by atoms with Crippen LogP contribution in [-0.2, 0) is 17.8 Å². The Bertz CT molecular complexity index is 553. The van der Waals surface area contributed by atoms with Crippen LogP contribution in [0.2, 0.25) is 0 Å². The second-order valence-corrected chi connectivity index (χ2v) is 6.92. The zero-order valence-corrected chi connectivity index (χ0v) is 15.4. The molecule has 7 nitrogen and oxygen atoms in total. The number of alkyl halides is 3. The predicted octanol–water partition coefficient (Wildman–Crippen LogP) is 2.38. The van der Waals surface area contributed by atoms with Crippen molar-refractivity contribution in [1.29, 1.82) is 0 Å². The number of rotatable bonds is 5. The Labute approximate surface area is 150 Å². The first-order chi connectivity index (χ1) is 12.0. The number of hydrogen-bond acceptors (Lipinski definition) is 6. The minimum absolute atomic E-state index is 0.467. The van der Waals surface area contributed by atoms with E-state index in [1.807, 2.05) is 0 Å².